The molecule has 0 aromatic heterocycles. The standard InChI is InChI=1S/C16H35NO/c1-14(2)9-7-11-18-12-8-10-17(16(5)6)13-15(3)4/h14-16H,7-13H2,1-6H3. The van der Waals surface area contributed by atoms with Crippen molar-refractivity contribution < 1.29 is 4.74 Å². The molecule has 0 aromatic carbocycles. The van der Waals surface area contributed by atoms with Gasteiger partial charge in [0, 0.05) is 32.3 Å². The topological polar surface area (TPSA) is 12.5 Å². The van der Waals surface area contributed by atoms with E-state index in [-0.39, 0.29) is 0 Å². The van der Waals surface area contributed by atoms with Crippen molar-refractivity contribution in [1.29, 1.82) is 0 Å². The molecule has 0 spiro atoms. The van der Waals surface area contributed by atoms with Gasteiger partial charge in [0.2, 0.25) is 0 Å². The van der Waals surface area contributed by atoms with Gasteiger partial charge >= 0.3 is 0 Å². The lowest BCUT2D eigenvalue weighted by Gasteiger charge is -2.28. The zero-order chi connectivity index (χ0) is 14.0. The smallest absolute Gasteiger partial charge is 0.0478 e. The highest BCUT2D eigenvalue weighted by Crippen LogP contribution is 2.06. The Labute approximate surface area is 115 Å². The van der Waals surface area contributed by atoms with Crippen LogP contribution in [0.5, 0.6) is 0 Å². The van der Waals surface area contributed by atoms with Crippen LogP contribution < -0.4 is 0 Å². The first-order valence-electron chi connectivity index (χ1n) is 7.75. The molecule has 2 nitrogen and oxygen atoms in total. The zero-order valence-corrected chi connectivity index (χ0v) is 13.5. The first-order valence-corrected chi connectivity index (χ1v) is 7.75. The fourth-order valence-corrected chi connectivity index (χ4v) is 2.09. The van der Waals surface area contributed by atoms with Gasteiger partial charge in [-0.3, -0.25) is 0 Å². The van der Waals surface area contributed by atoms with Gasteiger partial charge in [0.25, 0.3) is 0 Å². The summed E-state index contributed by atoms with van der Waals surface area (Å²) in [5, 5.41) is 0. The molecule has 110 valence electrons. The second-order valence-electron chi connectivity index (χ2n) is 6.48. The predicted octanol–water partition coefficient (Wildman–Crippen LogP) is 4.20. The maximum atomic E-state index is 5.69. The highest BCUT2D eigenvalue weighted by atomic mass is 16.5. The average molecular weight is 257 g/mol. The van der Waals surface area contributed by atoms with E-state index < -0.39 is 0 Å². The molecular weight excluding hydrogens is 222 g/mol. The molecule has 2 heteroatoms. The van der Waals surface area contributed by atoms with Gasteiger partial charge in [0.15, 0.2) is 0 Å². The van der Waals surface area contributed by atoms with Crippen LogP contribution in [0.1, 0.15) is 60.8 Å². The normalized spacial score (nSPS) is 12.3. The van der Waals surface area contributed by atoms with E-state index in [0.717, 1.165) is 31.5 Å². The van der Waals surface area contributed by atoms with Crippen LogP contribution in [0.3, 0.4) is 0 Å². The van der Waals surface area contributed by atoms with Gasteiger partial charge in [-0.1, -0.05) is 27.7 Å². The van der Waals surface area contributed by atoms with Crippen LogP contribution in [0.25, 0.3) is 0 Å². The van der Waals surface area contributed by atoms with Gasteiger partial charge in [-0.15, -0.1) is 0 Å². The summed E-state index contributed by atoms with van der Waals surface area (Å²) in [6, 6.07) is 0.647. The minimum atomic E-state index is 0.647. The number of nitrogens with zero attached hydrogens (tertiary/aromatic N) is 1. The van der Waals surface area contributed by atoms with E-state index in [9.17, 15) is 0 Å². The largest absolute Gasteiger partial charge is 0.381 e. The third kappa shape index (κ3) is 11.0. The third-order valence-electron chi connectivity index (χ3n) is 3.13. The van der Waals surface area contributed by atoms with Gasteiger partial charge in [-0.25, -0.2) is 0 Å². The van der Waals surface area contributed by atoms with Gasteiger partial charge in [-0.2, -0.15) is 0 Å². The van der Waals surface area contributed by atoms with Crippen molar-refractivity contribution in [2.24, 2.45) is 11.8 Å². The zero-order valence-electron chi connectivity index (χ0n) is 13.5. The first kappa shape index (κ1) is 17.9. The van der Waals surface area contributed by atoms with Crippen LogP contribution in [-0.4, -0.2) is 37.2 Å². The van der Waals surface area contributed by atoms with Crippen LogP contribution in [-0.2, 0) is 4.74 Å². The fourth-order valence-electron chi connectivity index (χ4n) is 2.09. The summed E-state index contributed by atoms with van der Waals surface area (Å²) < 4.78 is 5.69. The van der Waals surface area contributed by atoms with E-state index in [4.69, 9.17) is 4.74 Å². The van der Waals surface area contributed by atoms with Crippen molar-refractivity contribution in [3.63, 3.8) is 0 Å². The van der Waals surface area contributed by atoms with Gasteiger partial charge in [-0.05, 0) is 44.9 Å². The van der Waals surface area contributed by atoms with Crippen LogP contribution >= 0.6 is 0 Å². The molecule has 0 unspecified atom stereocenters. The second-order valence-corrected chi connectivity index (χ2v) is 6.48. The van der Waals surface area contributed by atoms with E-state index >= 15 is 0 Å². The van der Waals surface area contributed by atoms with E-state index in [1.807, 2.05) is 0 Å². The molecule has 0 aliphatic rings. The summed E-state index contributed by atoms with van der Waals surface area (Å²) in [6.45, 7) is 17.9. The van der Waals surface area contributed by atoms with Crippen molar-refractivity contribution in [3.8, 4) is 0 Å². The molecule has 0 bridgehead atoms. The van der Waals surface area contributed by atoms with Crippen molar-refractivity contribution in [2.45, 2.75) is 66.8 Å². The summed E-state index contributed by atoms with van der Waals surface area (Å²) in [6.07, 6.45) is 3.65. The van der Waals surface area contributed by atoms with E-state index in [0.29, 0.717) is 6.04 Å². The Morgan fingerprint density at radius 2 is 1.44 bits per heavy atom. The second kappa shape index (κ2) is 10.8. The van der Waals surface area contributed by atoms with Crippen molar-refractivity contribution in [1.82, 2.24) is 4.90 Å². The van der Waals surface area contributed by atoms with Gasteiger partial charge in [0.05, 0.1) is 0 Å². The molecule has 0 aliphatic heterocycles. The minimum absolute atomic E-state index is 0.647. The molecule has 0 rings (SSSR count). The molecule has 0 atom stereocenters. The van der Waals surface area contributed by atoms with Crippen molar-refractivity contribution in [3.05, 3.63) is 0 Å². The highest BCUT2D eigenvalue weighted by Gasteiger charge is 2.10. The molecule has 0 saturated carbocycles. The average Bonchev–Trinajstić information content (AvgIpc) is 2.25. The van der Waals surface area contributed by atoms with Crippen LogP contribution in [0.15, 0.2) is 0 Å². The summed E-state index contributed by atoms with van der Waals surface area (Å²) in [5.74, 6) is 1.55. The molecule has 0 fully saturated rings. The maximum Gasteiger partial charge on any atom is 0.0478 e. The molecule has 0 aliphatic carbocycles. The monoisotopic (exact) mass is 257 g/mol. The van der Waals surface area contributed by atoms with Crippen LogP contribution in [0.4, 0.5) is 0 Å². The first-order chi connectivity index (χ1) is 8.43. The fraction of sp³-hybridized carbons (Fsp3) is 1.00. The Bertz CT molecular complexity index is 178. The van der Waals surface area contributed by atoms with E-state index in [2.05, 4.69) is 46.4 Å². The summed E-state index contributed by atoms with van der Waals surface area (Å²) in [7, 11) is 0. The number of ether oxygens (including phenoxy) is 1. The van der Waals surface area contributed by atoms with Gasteiger partial charge in [0.1, 0.15) is 0 Å². The van der Waals surface area contributed by atoms with Crippen molar-refractivity contribution >= 4 is 0 Å². The van der Waals surface area contributed by atoms with Gasteiger partial charge < -0.3 is 9.64 Å². The molecular formula is C16H35NO. The predicted molar refractivity (Wildman–Crippen MR) is 81.1 cm³/mol. The molecule has 18 heavy (non-hydrogen) atoms. The SMILES string of the molecule is CC(C)CCCOCCCN(CC(C)C)C(C)C. The Hall–Kier alpha value is -0.0800. The summed E-state index contributed by atoms with van der Waals surface area (Å²) >= 11 is 0. The Kier molecular flexibility index (Phi) is 10.8. The molecule has 0 amide bonds. The number of hydrogen-bond acceptors (Lipinski definition) is 2. The van der Waals surface area contributed by atoms with E-state index in [1.165, 1.54) is 25.9 Å². The number of hydrogen-bond donors (Lipinski definition) is 0. The quantitative estimate of drug-likeness (QED) is 0.514. The maximum absolute atomic E-state index is 5.69. The highest BCUT2D eigenvalue weighted by molar-refractivity contribution is 4.64. The molecule has 0 aromatic rings. The molecule has 0 radical (unpaired) electrons. The lowest BCUT2D eigenvalue weighted by molar-refractivity contribution is 0.107. The Balaban J connectivity index is 3.49. The summed E-state index contributed by atoms with van der Waals surface area (Å²) in [4.78, 5) is 2.56. The van der Waals surface area contributed by atoms with Crippen molar-refractivity contribution in [2.75, 3.05) is 26.3 Å². The summed E-state index contributed by atoms with van der Waals surface area (Å²) in [5.41, 5.74) is 0. The number of rotatable bonds is 11. The minimum Gasteiger partial charge on any atom is -0.381 e. The molecule has 0 N–H and O–H groups in total. The molecule has 0 saturated heterocycles. The third-order valence-corrected chi connectivity index (χ3v) is 3.13. The molecule has 0 heterocycles. The van der Waals surface area contributed by atoms with E-state index in [1.54, 1.807) is 0 Å². The Morgan fingerprint density at radius 1 is 0.833 bits per heavy atom. The van der Waals surface area contributed by atoms with Crippen LogP contribution in [0, 0.1) is 11.8 Å². The van der Waals surface area contributed by atoms with Crippen LogP contribution in [0.2, 0.25) is 0 Å². The lowest BCUT2D eigenvalue weighted by Crippen LogP contribution is -2.35. The Morgan fingerprint density at radius 3 is 1.94 bits per heavy atom. The lowest BCUT2D eigenvalue weighted by atomic mass is 10.1.